The summed E-state index contributed by atoms with van der Waals surface area (Å²) in [7, 11) is 0. The Balaban J connectivity index is 1.73. The third-order valence-electron chi connectivity index (χ3n) is 4.55. The van der Waals surface area contributed by atoms with Crippen molar-refractivity contribution in [2.24, 2.45) is 5.41 Å². The van der Waals surface area contributed by atoms with Crippen LogP contribution in [0, 0.1) is 5.41 Å². The first kappa shape index (κ1) is 17.5. The summed E-state index contributed by atoms with van der Waals surface area (Å²) in [5.41, 5.74) is 1.48. The molecule has 1 saturated carbocycles. The minimum absolute atomic E-state index is 0.243. The number of hydrogen-bond acceptors (Lipinski definition) is 2. The van der Waals surface area contributed by atoms with Gasteiger partial charge in [-0.05, 0) is 54.7 Å². The van der Waals surface area contributed by atoms with Gasteiger partial charge in [-0.3, -0.25) is 9.59 Å². The van der Waals surface area contributed by atoms with Crippen LogP contribution in [0.3, 0.4) is 0 Å². The van der Waals surface area contributed by atoms with Gasteiger partial charge in [0, 0.05) is 16.4 Å². The third kappa shape index (κ3) is 3.69. The lowest BCUT2D eigenvalue weighted by Crippen LogP contribution is -2.35. The van der Waals surface area contributed by atoms with E-state index in [4.69, 9.17) is 11.6 Å². The van der Waals surface area contributed by atoms with Crippen molar-refractivity contribution in [2.75, 3.05) is 10.6 Å². The number of nitrogens with one attached hydrogen (secondary N) is 2. The van der Waals surface area contributed by atoms with E-state index in [-0.39, 0.29) is 17.7 Å². The molecule has 5 heteroatoms. The molecular weight excluding hydrogens is 336 g/mol. The molecule has 0 aliphatic heterocycles. The summed E-state index contributed by atoms with van der Waals surface area (Å²) in [4.78, 5) is 25.4. The second-order valence-corrected chi connectivity index (χ2v) is 7.18. The van der Waals surface area contributed by atoms with Crippen molar-refractivity contribution >= 4 is 34.8 Å². The van der Waals surface area contributed by atoms with E-state index in [9.17, 15) is 9.59 Å². The summed E-state index contributed by atoms with van der Waals surface area (Å²) in [6.07, 6.45) is 1.12. The highest BCUT2D eigenvalue weighted by Crippen LogP contribution is 2.47. The van der Waals surface area contributed by atoms with Gasteiger partial charge in [0.15, 0.2) is 0 Å². The lowest BCUT2D eigenvalue weighted by atomic mass is 9.99. The summed E-state index contributed by atoms with van der Waals surface area (Å²) >= 11 is 5.85. The first-order valence-corrected chi connectivity index (χ1v) is 8.77. The van der Waals surface area contributed by atoms with Gasteiger partial charge < -0.3 is 10.6 Å². The maximum absolute atomic E-state index is 12.8. The second kappa shape index (κ2) is 6.89. The van der Waals surface area contributed by atoms with Crippen LogP contribution in [0.4, 0.5) is 11.4 Å². The molecule has 0 unspecified atom stereocenters. The minimum atomic E-state index is -0.982. The highest BCUT2D eigenvalue weighted by molar-refractivity contribution is 6.30. The highest BCUT2D eigenvalue weighted by Gasteiger charge is 2.56. The van der Waals surface area contributed by atoms with Crippen molar-refractivity contribution < 1.29 is 9.59 Å². The molecule has 0 bridgehead atoms. The van der Waals surface area contributed by atoms with Crippen LogP contribution in [0.15, 0.2) is 48.5 Å². The quantitative estimate of drug-likeness (QED) is 0.754. The van der Waals surface area contributed by atoms with Crippen LogP contribution < -0.4 is 10.6 Å². The Hall–Kier alpha value is -2.33. The summed E-state index contributed by atoms with van der Waals surface area (Å²) in [6.45, 7) is 4.15. The number of benzene rings is 2. The monoisotopic (exact) mass is 356 g/mol. The molecule has 0 spiro atoms. The SMILES string of the molecule is CC(C)c1ccccc1NC(=O)C1(C(=O)Nc2ccc(Cl)cc2)CC1. The van der Waals surface area contributed by atoms with Crippen LogP contribution in [0.25, 0.3) is 0 Å². The Morgan fingerprint density at radius 3 is 2.16 bits per heavy atom. The van der Waals surface area contributed by atoms with Gasteiger partial charge in [0.2, 0.25) is 11.8 Å². The molecule has 0 saturated heterocycles. The standard InChI is InChI=1S/C20H21ClN2O2/c1-13(2)16-5-3-4-6-17(16)23-19(25)20(11-12-20)18(24)22-15-9-7-14(21)8-10-15/h3-10,13H,11-12H2,1-2H3,(H,22,24)(H,23,25). The number of carbonyl (C=O) groups is 2. The van der Waals surface area contributed by atoms with E-state index in [1.165, 1.54) is 0 Å². The van der Waals surface area contributed by atoms with Gasteiger partial charge in [0.1, 0.15) is 5.41 Å². The van der Waals surface area contributed by atoms with Gasteiger partial charge in [-0.1, -0.05) is 43.6 Å². The summed E-state index contributed by atoms with van der Waals surface area (Å²) in [5, 5.41) is 6.37. The molecule has 1 aliphatic carbocycles. The van der Waals surface area contributed by atoms with Gasteiger partial charge in [-0.15, -0.1) is 0 Å². The predicted octanol–water partition coefficient (Wildman–Crippen LogP) is 4.82. The van der Waals surface area contributed by atoms with Gasteiger partial charge in [-0.25, -0.2) is 0 Å². The van der Waals surface area contributed by atoms with E-state index < -0.39 is 5.41 Å². The van der Waals surface area contributed by atoms with Gasteiger partial charge >= 0.3 is 0 Å². The zero-order valence-corrected chi connectivity index (χ0v) is 15.1. The smallest absolute Gasteiger partial charge is 0.240 e. The first-order chi connectivity index (χ1) is 11.9. The zero-order chi connectivity index (χ0) is 18.0. The van der Waals surface area contributed by atoms with Gasteiger partial charge in [-0.2, -0.15) is 0 Å². The third-order valence-corrected chi connectivity index (χ3v) is 4.80. The molecule has 2 N–H and O–H groups in total. The van der Waals surface area contributed by atoms with E-state index in [0.29, 0.717) is 23.6 Å². The molecule has 0 heterocycles. The van der Waals surface area contributed by atoms with E-state index in [1.54, 1.807) is 24.3 Å². The average molecular weight is 357 g/mol. The Labute approximate surface area is 152 Å². The Morgan fingerprint density at radius 2 is 1.56 bits per heavy atom. The highest BCUT2D eigenvalue weighted by atomic mass is 35.5. The first-order valence-electron chi connectivity index (χ1n) is 8.40. The molecule has 0 radical (unpaired) electrons. The van der Waals surface area contributed by atoms with E-state index >= 15 is 0 Å². The number of amides is 2. The Kier molecular flexibility index (Phi) is 4.82. The van der Waals surface area contributed by atoms with Crippen LogP contribution in [-0.4, -0.2) is 11.8 Å². The number of carbonyl (C=O) groups excluding carboxylic acids is 2. The van der Waals surface area contributed by atoms with Crippen LogP contribution in [0.5, 0.6) is 0 Å². The number of hydrogen-bond donors (Lipinski definition) is 2. The molecule has 1 fully saturated rings. The summed E-state index contributed by atoms with van der Waals surface area (Å²) < 4.78 is 0. The summed E-state index contributed by atoms with van der Waals surface area (Å²) in [5.74, 6) is -0.226. The topological polar surface area (TPSA) is 58.2 Å². The van der Waals surface area contributed by atoms with Crippen molar-refractivity contribution in [3.63, 3.8) is 0 Å². The Morgan fingerprint density at radius 1 is 0.960 bits per heavy atom. The fraction of sp³-hybridized carbons (Fsp3) is 0.300. The molecule has 130 valence electrons. The number of anilines is 2. The number of para-hydroxylation sites is 1. The van der Waals surface area contributed by atoms with Crippen molar-refractivity contribution in [3.8, 4) is 0 Å². The van der Waals surface area contributed by atoms with Crippen LogP contribution in [0.1, 0.15) is 38.2 Å². The van der Waals surface area contributed by atoms with Crippen LogP contribution in [0.2, 0.25) is 5.02 Å². The molecule has 25 heavy (non-hydrogen) atoms. The summed E-state index contributed by atoms with van der Waals surface area (Å²) in [6, 6.07) is 14.6. The molecule has 1 aliphatic rings. The average Bonchev–Trinajstić information content (AvgIpc) is 3.39. The number of rotatable bonds is 5. The van der Waals surface area contributed by atoms with Crippen molar-refractivity contribution in [2.45, 2.75) is 32.6 Å². The van der Waals surface area contributed by atoms with E-state index in [1.807, 2.05) is 24.3 Å². The molecule has 2 aromatic carbocycles. The zero-order valence-electron chi connectivity index (χ0n) is 14.3. The molecule has 2 amide bonds. The van der Waals surface area contributed by atoms with Gasteiger partial charge in [0.05, 0.1) is 0 Å². The van der Waals surface area contributed by atoms with E-state index in [2.05, 4.69) is 24.5 Å². The predicted molar refractivity (Wildman–Crippen MR) is 101 cm³/mol. The molecule has 0 aromatic heterocycles. The normalized spacial score (nSPS) is 14.9. The largest absolute Gasteiger partial charge is 0.325 e. The van der Waals surface area contributed by atoms with Crippen LogP contribution >= 0.6 is 11.6 Å². The van der Waals surface area contributed by atoms with E-state index in [0.717, 1.165) is 11.3 Å². The molecule has 0 atom stereocenters. The van der Waals surface area contributed by atoms with Crippen LogP contribution in [-0.2, 0) is 9.59 Å². The minimum Gasteiger partial charge on any atom is -0.325 e. The van der Waals surface area contributed by atoms with Crippen molar-refractivity contribution in [1.82, 2.24) is 0 Å². The molecule has 3 rings (SSSR count). The molecule has 2 aromatic rings. The molecule has 4 nitrogen and oxygen atoms in total. The Bertz CT molecular complexity index is 796. The second-order valence-electron chi connectivity index (χ2n) is 6.74. The van der Waals surface area contributed by atoms with Crippen molar-refractivity contribution in [3.05, 3.63) is 59.1 Å². The lowest BCUT2D eigenvalue weighted by molar-refractivity contribution is -0.131. The fourth-order valence-electron chi connectivity index (χ4n) is 2.82. The molecular formula is C20H21ClN2O2. The number of halogens is 1. The van der Waals surface area contributed by atoms with Gasteiger partial charge in [0.25, 0.3) is 0 Å². The lowest BCUT2D eigenvalue weighted by Gasteiger charge is -2.18. The maximum Gasteiger partial charge on any atom is 0.240 e. The fourth-order valence-corrected chi connectivity index (χ4v) is 2.95. The maximum atomic E-state index is 12.8. The van der Waals surface area contributed by atoms with Crippen molar-refractivity contribution in [1.29, 1.82) is 0 Å².